The molecule has 0 spiro atoms. The van der Waals surface area contributed by atoms with E-state index in [9.17, 15) is 9.59 Å². The predicted octanol–water partition coefficient (Wildman–Crippen LogP) is 2.28. The van der Waals surface area contributed by atoms with Crippen LogP contribution in [-0.4, -0.2) is 52.0 Å². The van der Waals surface area contributed by atoms with Gasteiger partial charge >= 0.3 is 0 Å². The topological polar surface area (TPSA) is 100 Å². The SMILES string of the molecule is CCc1cc2ncc(CN3CCCC(Oc4ccc(C(=O)NC)nc4)C3)cc2[nH]c1=O. The highest BCUT2D eigenvalue weighted by atomic mass is 16.5. The number of carbonyl (C=O) groups is 1. The monoisotopic (exact) mass is 421 g/mol. The van der Waals surface area contributed by atoms with E-state index in [1.807, 2.05) is 25.3 Å². The summed E-state index contributed by atoms with van der Waals surface area (Å²) in [5.74, 6) is 0.447. The number of nitrogens with one attached hydrogen (secondary N) is 2. The van der Waals surface area contributed by atoms with Gasteiger partial charge in [-0.3, -0.25) is 19.5 Å². The Balaban J connectivity index is 1.40. The summed E-state index contributed by atoms with van der Waals surface area (Å²) in [7, 11) is 1.58. The van der Waals surface area contributed by atoms with E-state index in [-0.39, 0.29) is 17.6 Å². The highest BCUT2D eigenvalue weighted by Gasteiger charge is 2.22. The van der Waals surface area contributed by atoms with Gasteiger partial charge < -0.3 is 15.0 Å². The van der Waals surface area contributed by atoms with Crippen LogP contribution in [0.3, 0.4) is 0 Å². The number of likely N-dealkylation sites (tertiary alicyclic amines) is 1. The summed E-state index contributed by atoms with van der Waals surface area (Å²) in [5, 5.41) is 2.56. The molecule has 31 heavy (non-hydrogen) atoms. The number of H-pyrrole nitrogens is 1. The van der Waals surface area contributed by atoms with E-state index in [0.717, 1.165) is 54.6 Å². The molecule has 1 fully saturated rings. The third-order valence-corrected chi connectivity index (χ3v) is 5.57. The van der Waals surface area contributed by atoms with Crippen LogP contribution in [0.2, 0.25) is 0 Å². The number of aromatic amines is 1. The van der Waals surface area contributed by atoms with Crippen LogP contribution in [0.25, 0.3) is 11.0 Å². The zero-order chi connectivity index (χ0) is 21.8. The fraction of sp³-hybridized carbons (Fsp3) is 0.391. The molecule has 8 nitrogen and oxygen atoms in total. The van der Waals surface area contributed by atoms with Crippen molar-refractivity contribution in [3.05, 3.63) is 63.8 Å². The molecule has 4 heterocycles. The number of nitrogens with zero attached hydrogens (tertiary/aromatic N) is 3. The molecule has 1 aliphatic heterocycles. The maximum absolute atomic E-state index is 12.1. The molecule has 1 saturated heterocycles. The Kier molecular flexibility index (Phi) is 6.27. The zero-order valence-electron chi connectivity index (χ0n) is 17.9. The van der Waals surface area contributed by atoms with E-state index < -0.39 is 0 Å². The van der Waals surface area contributed by atoms with Gasteiger partial charge in [0.05, 0.1) is 17.2 Å². The molecule has 162 valence electrons. The molecule has 0 saturated carbocycles. The van der Waals surface area contributed by atoms with E-state index >= 15 is 0 Å². The molecule has 1 unspecified atom stereocenters. The van der Waals surface area contributed by atoms with E-state index in [2.05, 4.69) is 25.2 Å². The molecule has 0 bridgehead atoms. The Morgan fingerprint density at radius 3 is 2.90 bits per heavy atom. The van der Waals surface area contributed by atoms with Crippen LogP contribution in [0.15, 0.2) is 41.5 Å². The summed E-state index contributed by atoms with van der Waals surface area (Å²) in [6.45, 7) is 4.48. The van der Waals surface area contributed by atoms with Crippen molar-refractivity contribution in [2.24, 2.45) is 0 Å². The van der Waals surface area contributed by atoms with E-state index in [1.165, 1.54) is 0 Å². The molecule has 0 radical (unpaired) electrons. The number of aromatic nitrogens is 3. The molecular weight excluding hydrogens is 394 g/mol. The lowest BCUT2D eigenvalue weighted by atomic mass is 10.1. The largest absolute Gasteiger partial charge is 0.487 e. The second-order valence-electron chi connectivity index (χ2n) is 7.83. The number of rotatable bonds is 6. The van der Waals surface area contributed by atoms with Gasteiger partial charge in [0.15, 0.2) is 0 Å². The fourth-order valence-electron chi connectivity index (χ4n) is 3.93. The van der Waals surface area contributed by atoms with Crippen molar-refractivity contribution < 1.29 is 9.53 Å². The lowest BCUT2D eigenvalue weighted by molar-refractivity contribution is 0.0839. The minimum Gasteiger partial charge on any atom is -0.487 e. The zero-order valence-corrected chi connectivity index (χ0v) is 17.9. The average molecular weight is 422 g/mol. The smallest absolute Gasteiger partial charge is 0.269 e. The van der Waals surface area contributed by atoms with Crippen LogP contribution in [0.1, 0.15) is 41.4 Å². The standard InChI is InChI=1S/C23H27N5O3/c1-3-16-10-20-21(27-22(16)29)9-15(11-25-20)13-28-8-4-5-18(14-28)31-17-6-7-19(26-12-17)23(30)24-2/h6-7,9-12,18H,3-5,8,13-14H2,1-2H3,(H,24,30)(H,27,29). The predicted molar refractivity (Wildman–Crippen MR) is 118 cm³/mol. The molecule has 4 rings (SSSR count). The summed E-state index contributed by atoms with van der Waals surface area (Å²) in [4.78, 5) is 37.7. The first-order valence-electron chi connectivity index (χ1n) is 10.6. The second kappa shape index (κ2) is 9.26. The van der Waals surface area contributed by atoms with Gasteiger partial charge in [0.25, 0.3) is 11.5 Å². The minimum absolute atomic E-state index is 0.0450. The third-order valence-electron chi connectivity index (χ3n) is 5.57. The number of amides is 1. The summed E-state index contributed by atoms with van der Waals surface area (Å²) >= 11 is 0. The van der Waals surface area contributed by atoms with Gasteiger partial charge in [-0.15, -0.1) is 0 Å². The van der Waals surface area contributed by atoms with Crippen LogP contribution < -0.4 is 15.6 Å². The average Bonchev–Trinajstić information content (AvgIpc) is 2.79. The van der Waals surface area contributed by atoms with Crippen molar-refractivity contribution in [3.8, 4) is 5.75 Å². The maximum atomic E-state index is 12.1. The van der Waals surface area contributed by atoms with Crippen molar-refractivity contribution in [1.29, 1.82) is 0 Å². The number of carbonyl (C=O) groups excluding carboxylic acids is 1. The molecule has 2 N–H and O–H groups in total. The number of hydrogen-bond donors (Lipinski definition) is 2. The van der Waals surface area contributed by atoms with Crippen LogP contribution in [0.5, 0.6) is 5.75 Å². The van der Waals surface area contributed by atoms with Crippen molar-refractivity contribution >= 4 is 16.9 Å². The molecule has 1 atom stereocenters. The van der Waals surface area contributed by atoms with Gasteiger partial charge in [-0.25, -0.2) is 4.98 Å². The van der Waals surface area contributed by atoms with Gasteiger partial charge in [-0.2, -0.15) is 0 Å². The molecule has 0 aliphatic carbocycles. The van der Waals surface area contributed by atoms with Gasteiger partial charge in [-0.1, -0.05) is 6.92 Å². The number of hydrogen-bond acceptors (Lipinski definition) is 6. The Hall–Kier alpha value is -3.26. The number of piperidine rings is 1. The molecule has 8 heteroatoms. The number of aryl methyl sites for hydroxylation is 1. The maximum Gasteiger partial charge on any atom is 0.269 e. The van der Waals surface area contributed by atoms with Crippen molar-refractivity contribution in [1.82, 2.24) is 25.2 Å². The van der Waals surface area contributed by atoms with Gasteiger partial charge in [0, 0.05) is 31.9 Å². The van der Waals surface area contributed by atoms with E-state index in [4.69, 9.17) is 4.74 Å². The lowest BCUT2D eigenvalue weighted by Crippen LogP contribution is -2.40. The van der Waals surface area contributed by atoms with Crippen molar-refractivity contribution in [2.45, 2.75) is 38.8 Å². The fourth-order valence-corrected chi connectivity index (χ4v) is 3.93. The third kappa shape index (κ3) is 4.91. The Bertz CT molecular complexity index is 1130. The Labute approximate surface area is 180 Å². The lowest BCUT2D eigenvalue weighted by Gasteiger charge is -2.32. The Morgan fingerprint density at radius 1 is 1.29 bits per heavy atom. The summed E-state index contributed by atoms with van der Waals surface area (Å²) < 4.78 is 6.10. The van der Waals surface area contributed by atoms with Gasteiger partial charge in [0.1, 0.15) is 17.5 Å². The molecule has 1 aliphatic rings. The van der Waals surface area contributed by atoms with Crippen molar-refractivity contribution in [2.75, 3.05) is 20.1 Å². The quantitative estimate of drug-likeness (QED) is 0.633. The first-order chi connectivity index (χ1) is 15.1. The van der Waals surface area contributed by atoms with Crippen molar-refractivity contribution in [3.63, 3.8) is 0 Å². The molecule has 3 aromatic rings. The van der Waals surface area contributed by atoms with Crippen LogP contribution >= 0.6 is 0 Å². The van der Waals surface area contributed by atoms with Crippen LogP contribution in [0, 0.1) is 0 Å². The highest BCUT2D eigenvalue weighted by molar-refractivity contribution is 5.91. The normalized spacial score (nSPS) is 16.9. The highest BCUT2D eigenvalue weighted by Crippen LogP contribution is 2.20. The van der Waals surface area contributed by atoms with E-state index in [1.54, 1.807) is 25.4 Å². The molecule has 0 aromatic carbocycles. The molecule has 3 aromatic heterocycles. The van der Waals surface area contributed by atoms with E-state index in [0.29, 0.717) is 17.9 Å². The van der Waals surface area contributed by atoms with Crippen LogP contribution in [-0.2, 0) is 13.0 Å². The summed E-state index contributed by atoms with van der Waals surface area (Å²) in [5.41, 5.74) is 3.72. The minimum atomic E-state index is -0.216. The number of ether oxygens (including phenoxy) is 1. The second-order valence-corrected chi connectivity index (χ2v) is 7.83. The van der Waals surface area contributed by atoms with Crippen LogP contribution in [0.4, 0.5) is 0 Å². The van der Waals surface area contributed by atoms with Gasteiger partial charge in [0.2, 0.25) is 0 Å². The molecular formula is C23H27N5O3. The van der Waals surface area contributed by atoms with Gasteiger partial charge in [-0.05, 0) is 55.6 Å². The number of fused-ring (bicyclic) bond motifs is 1. The number of pyridine rings is 3. The first kappa shape index (κ1) is 21.0. The first-order valence-corrected chi connectivity index (χ1v) is 10.6. The summed E-state index contributed by atoms with van der Waals surface area (Å²) in [6.07, 6.45) is 6.22. The summed E-state index contributed by atoms with van der Waals surface area (Å²) in [6, 6.07) is 7.33. The Morgan fingerprint density at radius 2 is 2.16 bits per heavy atom. The molecule has 1 amide bonds.